The first-order chi connectivity index (χ1) is 13.0. The van der Waals surface area contributed by atoms with Crippen LogP contribution in [0.4, 0.5) is 5.69 Å². The van der Waals surface area contributed by atoms with Gasteiger partial charge < -0.3 is 4.98 Å². The first kappa shape index (κ1) is 17.3. The molecule has 4 rings (SSSR count). The molecular formula is C19H13N3O3S2. The maximum Gasteiger partial charge on any atom is 0.272 e. The molecule has 2 heterocycles. The summed E-state index contributed by atoms with van der Waals surface area (Å²) in [4.78, 5) is 30.3. The molecule has 0 aliphatic rings. The third kappa shape index (κ3) is 3.57. The molecule has 0 fully saturated rings. The van der Waals surface area contributed by atoms with E-state index >= 15 is 0 Å². The molecule has 0 radical (unpaired) electrons. The zero-order valence-electron chi connectivity index (χ0n) is 14.1. The second-order valence-corrected chi connectivity index (χ2v) is 8.04. The number of nitrogens with zero attached hydrogens (tertiary/aromatic N) is 2. The largest absolute Gasteiger partial charge is 0.313 e. The summed E-state index contributed by atoms with van der Waals surface area (Å²) >= 11 is 2.85. The Labute approximate surface area is 160 Å². The Bertz CT molecular complexity index is 1320. The second-order valence-electron chi connectivity index (χ2n) is 5.90. The molecule has 134 valence electrons. The fraction of sp³-hybridized carbons (Fsp3) is 0.0526. The summed E-state index contributed by atoms with van der Waals surface area (Å²) in [6, 6.07) is 12.8. The molecular weight excluding hydrogens is 382 g/mol. The molecule has 0 aliphatic heterocycles. The topological polar surface area (TPSA) is 88.9 Å². The summed E-state index contributed by atoms with van der Waals surface area (Å²) in [7, 11) is 0. The van der Waals surface area contributed by atoms with E-state index in [1.807, 2.05) is 30.3 Å². The molecule has 1 N–H and O–H groups in total. The molecule has 27 heavy (non-hydrogen) atoms. The van der Waals surface area contributed by atoms with E-state index in [1.54, 1.807) is 36.5 Å². The predicted octanol–water partition coefficient (Wildman–Crippen LogP) is 2.92. The minimum Gasteiger partial charge on any atom is -0.313 e. The molecule has 8 heteroatoms. The van der Waals surface area contributed by atoms with Gasteiger partial charge in [-0.2, -0.15) is 0 Å². The van der Waals surface area contributed by atoms with Crippen LogP contribution in [0.3, 0.4) is 0 Å². The van der Waals surface area contributed by atoms with Gasteiger partial charge in [-0.15, -0.1) is 22.7 Å². The molecule has 0 bridgehead atoms. The second kappa shape index (κ2) is 6.90. The Morgan fingerprint density at radius 1 is 1.15 bits per heavy atom. The van der Waals surface area contributed by atoms with Crippen molar-refractivity contribution in [2.45, 2.75) is 6.92 Å². The monoisotopic (exact) mass is 395 g/mol. The Kier molecular flexibility index (Phi) is 4.43. The highest BCUT2D eigenvalue weighted by Crippen LogP contribution is 2.22. The molecule has 2 aromatic heterocycles. The van der Waals surface area contributed by atoms with Crippen LogP contribution < -0.4 is 14.8 Å². The molecule has 0 amide bonds. The number of aryl methyl sites for hydroxylation is 1. The van der Waals surface area contributed by atoms with Gasteiger partial charge in [0.15, 0.2) is 0 Å². The Morgan fingerprint density at radius 3 is 2.74 bits per heavy atom. The zero-order valence-corrected chi connectivity index (χ0v) is 15.8. The van der Waals surface area contributed by atoms with E-state index < -0.39 is 4.92 Å². The molecule has 0 spiro atoms. The molecule has 0 saturated carbocycles. The van der Waals surface area contributed by atoms with E-state index in [2.05, 4.69) is 9.97 Å². The summed E-state index contributed by atoms with van der Waals surface area (Å²) in [6.07, 6.45) is 3.50. The Balaban J connectivity index is 1.77. The summed E-state index contributed by atoms with van der Waals surface area (Å²) in [5.74, 6) is 0. The van der Waals surface area contributed by atoms with E-state index in [4.69, 9.17) is 0 Å². The van der Waals surface area contributed by atoms with E-state index in [-0.39, 0.29) is 11.2 Å². The van der Waals surface area contributed by atoms with E-state index in [0.717, 1.165) is 15.2 Å². The van der Waals surface area contributed by atoms with E-state index in [1.165, 1.54) is 17.4 Å². The van der Waals surface area contributed by atoms with Crippen LogP contribution in [0.2, 0.25) is 0 Å². The molecule has 2 aromatic carbocycles. The van der Waals surface area contributed by atoms with Gasteiger partial charge in [-0.25, -0.2) is 4.98 Å². The molecule has 6 nitrogen and oxygen atoms in total. The number of nitro groups is 1. The van der Waals surface area contributed by atoms with Gasteiger partial charge in [-0.1, -0.05) is 24.3 Å². The number of nitrogens with one attached hydrogen (secondary N) is 1. The maximum absolute atomic E-state index is 12.2. The van der Waals surface area contributed by atoms with Crippen LogP contribution in [0.1, 0.15) is 16.1 Å². The number of benzene rings is 2. The maximum atomic E-state index is 12.2. The highest BCUT2D eigenvalue weighted by molar-refractivity contribution is 7.19. The van der Waals surface area contributed by atoms with Gasteiger partial charge in [0.1, 0.15) is 5.01 Å². The number of hydrogen-bond donors (Lipinski definition) is 1. The summed E-state index contributed by atoms with van der Waals surface area (Å²) < 4.78 is 2.26. The number of thiazole rings is 2. The first-order valence-corrected chi connectivity index (χ1v) is 9.66. The normalized spacial score (nSPS) is 12.8. The zero-order chi connectivity index (χ0) is 19.0. The molecule has 0 aliphatic carbocycles. The van der Waals surface area contributed by atoms with Crippen LogP contribution in [0, 0.1) is 17.0 Å². The van der Waals surface area contributed by atoms with Crippen LogP contribution in [-0.4, -0.2) is 14.9 Å². The van der Waals surface area contributed by atoms with Gasteiger partial charge in [0.2, 0.25) is 0 Å². The number of aromatic amines is 1. The van der Waals surface area contributed by atoms with Crippen molar-refractivity contribution >= 4 is 50.7 Å². The standard InChI is InChI=1S/C19H13N3O3S2/c1-11-6-7-12(8-14(11)22(24)25)9-16-19(23)21-18(27-16)10-17-20-13-4-2-3-5-15(13)26-17/h2-10H,1H3,(H,21,23)/b16-9-,18-10+. The summed E-state index contributed by atoms with van der Waals surface area (Å²) in [5.41, 5.74) is 1.94. The van der Waals surface area contributed by atoms with Crippen LogP contribution in [0.5, 0.6) is 0 Å². The van der Waals surface area contributed by atoms with Gasteiger partial charge in [0.25, 0.3) is 11.2 Å². The molecule has 0 saturated heterocycles. The van der Waals surface area contributed by atoms with Gasteiger partial charge in [0.05, 0.1) is 24.3 Å². The van der Waals surface area contributed by atoms with Crippen molar-refractivity contribution in [1.82, 2.24) is 9.97 Å². The highest BCUT2D eigenvalue weighted by Gasteiger charge is 2.10. The van der Waals surface area contributed by atoms with Crippen LogP contribution in [0.25, 0.3) is 22.4 Å². The lowest BCUT2D eigenvalue weighted by molar-refractivity contribution is -0.385. The predicted molar refractivity (Wildman–Crippen MR) is 109 cm³/mol. The minimum absolute atomic E-state index is 0.0398. The van der Waals surface area contributed by atoms with Gasteiger partial charge in [-0.3, -0.25) is 14.9 Å². The van der Waals surface area contributed by atoms with Gasteiger partial charge in [-0.05, 0) is 30.7 Å². The van der Waals surface area contributed by atoms with Crippen molar-refractivity contribution in [3.63, 3.8) is 0 Å². The van der Waals surface area contributed by atoms with Crippen molar-refractivity contribution in [2.24, 2.45) is 0 Å². The highest BCUT2D eigenvalue weighted by atomic mass is 32.1. The smallest absolute Gasteiger partial charge is 0.272 e. The third-order valence-corrected chi connectivity index (χ3v) is 5.92. The van der Waals surface area contributed by atoms with Crippen molar-refractivity contribution in [3.05, 3.63) is 88.3 Å². The Hall–Kier alpha value is -3.10. The van der Waals surface area contributed by atoms with Crippen LogP contribution >= 0.6 is 22.7 Å². The lowest BCUT2D eigenvalue weighted by Crippen LogP contribution is -2.19. The average molecular weight is 395 g/mol. The van der Waals surface area contributed by atoms with Crippen molar-refractivity contribution < 1.29 is 4.92 Å². The lowest BCUT2D eigenvalue weighted by atomic mass is 10.1. The third-order valence-electron chi connectivity index (χ3n) is 3.97. The lowest BCUT2D eigenvalue weighted by Gasteiger charge is -1.97. The number of aromatic nitrogens is 2. The molecule has 0 atom stereocenters. The van der Waals surface area contributed by atoms with Crippen molar-refractivity contribution in [3.8, 4) is 0 Å². The molecule has 0 unspecified atom stereocenters. The number of hydrogen-bond acceptors (Lipinski definition) is 6. The summed E-state index contributed by atoms with van der Waals surface area (Å²) in [6.45, 7) is 1.69. The van der Waals surface area contributed by atoms with Crippen LogP contribution in [0.15, 0.2) is 47.3 Å². The Morgan fingerprint density at radius 2 is 1.96 bits per heavy atom. The number of rotatable bonds is 3. The number of fused-ring (bicyclic) bond motifs is 1. The van der Waals surface area contributed by atoms with Crippen molar-refractivity contribution in [1.29, 1.82) is 0 Å². The van der Waals surface area contributed by atoms with E-state index in [9.17, 15) is 14.9 Å². The minimum atomic E-state index is -0.419. The fourth-order valence-corrected chi connectivity index (χ4v) is 4.53. The number of H-pyrrole nitrogens is 1. The number of para-hydroxylation sites is 1. The summed E-state index contributed by atoms with van der Waals surface area (Å²) in [5, 5.41) is 11.9. The average Bonchev–Trinajstić information content (AvgIpc) is 3.19. The van der Waals surface area contributed by atoms with E-state index in [0.29, 0.717) is 20.3 Å². The van der Waals surface area contributed by atoms with Crippen LogP contribution in [-0.2, 0) is 0 Å². The number of nitro benzene ring substituents is 1. The SMILES string of the molecule is Cc1ccc(/C=c2\s/c(=C/c3nc4ccccc4s3)[nH]c2=O)cc1[N+](=O)[O-]. The van der Waals surface area contributed by atoms with Crippen molar-refractivity contribution in [2.75, 3.05) is 0 Å². The van der Waals surface area contributed by atoms with Gasteiger partial charge in [0, 0.05) is 17.7 Å². The fourth-order valence-electron chi connectivity index (χ4n) is 2.65. The first-order valence-electron chi connectivity index (χ1n) is 8.03. The van der Waals surface area contributed by atoms with Gasteiger partial charge >= 0.3 is 0 Å². The quantitative estimate of drug-likeness (QED) is 0.427. The molecule has 4 aromatic rings.